The molecule has 1 fully saturated rings. The number of nitro groups is 1. The molecule has 10 heteroatoms. The number of nitrogens with one attached hydrogen (secondary N) is 1. The number of hydrogen-bond acceptors (Lipinski definition) is 6. The summed E-state index contributed by atoms with van der Waals surface area (Å²) in [5.41, 5.74) is -0.0511. The summed E-state index contributed by atoms with van der Waals surface area (Å²) in [4.78, 5) is 35.1. The number of furan rings is 1. The number of carbonyl (C=O) groups excluding carboxylic acids is 1. The number of amides is 1. The molecule has 1 N–H and O–H groups in total. The normalized spacial score (nSPS) is 13.5. The smallest absolute Gasteiger partial charge is 0.347 e. The zero-order valence-corrected chi connectivity index (χ0v) is 14.1. The second kappa shape index (κ2) is 6.56. The van der Waals surface area contributed by atoms with E-state index in [2.05, 4.69) is 10.4 Å². The zero-order chi connectivity index (χ0) is 19.0. The first-order valence-corrected chi connectivity index (χ1v) is 8.30. The number of hydrogen-bond donors (Lipinski definition) is 1. The van der Waals surface area contributed by atoms with E-state index in [9.17, 15) is 19.7 Å². The molecule has 0 unspecified atom stereocenters. The number of anilines is 1. The van der Waals surface area contributed by atoms with E-state index < -0.39 is 10.8 Å². The molecule has 1 aliphatic rings. The number of nitro benzene ring substituents is 1. The third kappa shape index (κ3) is 3.36. The van der Waals surface area contributed by atoms with E-state index in [1.54, 1.807) is 16.7 Å². The van der Waals surface area contributed by atoms with Crippen LogP contribution in [0.3, 0.4) is 0 Å². The van der Waals surface area contributed by atoms with Crippen molar-refractivity contribution in [1.29, 1.82) is 0 Å². The number of rotatable bonds is 6. The van der Waals surface area contributed by atoms with E-state index >= 15 is 0 Å². The molecule has 4 rings (SSSR count). The molecule has 1 aromatic carbocycles. The SMILES string of the molecule is O=C(Cn1nc(-c2ccco2)n(C2CC2)c1=O)Nc1ccc([N+](=O)[O-])cc1. The molecule has 3 aromatic rings. The molecule has 0 saturated heterocycles. The summed E-state index contributed by atoms with van der Waals surface area (Å²) in [5, 5.41) is 17.5. The van der Waals surface area contributed by atoms with Gasteiger partial charge in [0.05, 0.1) is 11.2 Å². The molecule has 0 bridgehead atoms. The molecule has 2 heterocycles. The molecule has 1 saturated carbocycles. The van der Waals surface area contributed by atoms with Crippen molar-refractivity contribution in [1.82, 2.24) is 14.3 Å². The number of carbonyl (C=O) groups is 1. The van der Waals surface area contributed by atoms with Crippen molar-refractivity contribution in [2.75, 3.05) is 5.32 Å². The Hall–Kier alpha value is -3.69. The van der Waals surface area contributed by atoms with Crippen molar-refractivity contribution >= 4 is 17.3 Å². The Bertz CT molecular complexity index is 1040. The van der Waals surface area contributed by atoms with Crippen LogP contribution in [0.4, 0.5) is 11.4 Å². The van der Waals surface area contributed by atoms with Gasteiger partial charge in [0.25, 0.3) is 5.69 Å². The zero-order valence-electron chi connectivity index (χ0n) is 14.1. The first-order chi connectivity index (χ1) is 13.0. The average molecular weight is 369 g/mol. The molecule has 1 amide bonds. The molecular weight excluding hydrogens is 354 g/mol. The van der Waals surface area contributed by atoms with Crippen molar-refractivity contribution in [3.05, 3.63) is 63.3 Å². The molecule has 0 radical (unpaired) electrons. The van der Waals surface area contributed by atoms with Crippen LogP contribution in [-0.2, 0) is 11.3 Å². The van der Waals surface area contributed by atoms with Crippen molar-refractivity contribution in [3.63, 3.8) is 0 Å². The number of benzene rings is 1. The quantitative estimate of drug-likeness (QED) is 0.524. The van der Waals surface area contributed by atoms with Crippen LogP contribution in [0.15, 0.2) is 51.9 Å². The molecule has 10 nitrogen and oxygen atoms in total. The standard InChI is InChI=1S/C17H15N5O5/c23-15(18-11-3-5-13(6-4-11)22(25)26)10-20-17(24)21(12-7-8-12)16(19-20)14-2-1-9-27-14/h1-6,9,12H,7-8,10H2,(H,18,23). The van der Waals surface area contributed by atoms with Crippen LogP contribution in [0.5, 0.6) is 0 Å². The van der Waals surface area contributed by atoms with Crippen LogP contribution >= 0.6 is 0 Å². The molecular formula is C17H15N5O5. The summed E-state index contributed by atoms with van der Waals surface area (Å²) in [6.07, 6.45) is 3.26. The Labute approximate surface area is 152 Å². The van der Waals surface area contributed by atoms with Gasteiger partial charge < -0.3 is 9.73 Å². The van der Waals surface area contributed by atoms with Crippen molar-refractivity contribution in [3.8, 4) is 11.6 Å². The van der Waals surface area contributed by atoms with Gasteiger partial charge in [-0.05, 0) is 37.1 Å². The second-order valence-corrected chi connectivity index (χ2v) is 6.19. The Morgan fingerprint density at radius 3 is 2.63 bits per heavy atom. The van der Waals surface area contributed by atoms with Gasteiger partial charge in [-0.2, -0.15) is 0 Å². The molecule has 1 aliphatic carbocycles. The molecule has 0 aliphatic heterocycles. The van der Waals surface area contributed by atoms with Crippen LogP contribution in [0.1, 0.15) is 18.9 Å². The van der Waals surface area contributed by atoms with E-state index in [0.717, 1.165) is 17.5 Å². The predicted molar refractivity (Wildman–Crippen MR) is 94.2 cm³/mol. The summed E-state index contributed by atoms with van der Waals surface area (Å²) in [7, 11) is 0. The Balaban J connectivity index is 1.54. The summed E-state index contributed by atoms with van der Waals surface area (Å²) < 4.78 is 7.99. The fraction of sp³-hybridized carbons (Fsp3) is 0.235. The Morgan fingerprint density at radius 2 is 2.04 bits per heavy atom. The van der Waals surface area contributed by atoms with E-state index in [4.69, 9.17) is 4.42 Å². The maximum atomic E-state index is 12.6. The van der Waals surface area contributed by atoms with Gasteiger partial charge in [0.2, 0.25) is 11.7 Å². The van der Waals surface area contributed by atoms with Crippen molar-refractivity contribution < 1.29 is 14.1 Å². The van der Waals surface area contributed by atoms with Gasteiger partial charge in [-0.3, -0.25) is 19.5 Å². The summed E-state index contributed by atoms with van der Waals surface area (Å²) in [6, 6.07) is 8.92. The van der Waals surface area contributed by atoms with Gasteiger partial charge in [0.15, 0.2) is 5.76 Å². The minimum absolute atomic E-state index is 0.0732. The van der Waals surface area contributed by atoms with Gasteiger partial charge in [-0.15, -0.1) is 5.10 Å². The molecule has 2 aromatic heterocycles. The van der Waals surface area contributed by atoms with Crippen LogP contribution in [-0.4, -0.2) is 25.2 Å². The number of nitrogens with zero attached hydrogens (tertiary/aromatic N) is 4. The van der Waals surface area contributed by atoms with Crippen LogP contribution in [0.25, 0.3) is 11.6 Å². The Kier molecular flexibility index (Phi) is 4.07. The highest BCUT2D eigenvalue weighted by molar-refractivity contribution is 5.90. The lowest BCUT2D eigenvalue weighted by Gasteiger charge is -2.04. The lowest BCUT2D eigenvalue weighted by atomic mass is 10.3. The largest absolute Gasteiger partial charge is 0.461 e. The topological polar surface area (TPSA) is 125 Å². The van der Waals surface area contributed by atoms with Crippen LogP contribution in [0.2, 0.25) is 0 Å². The van der Waals surface area contributed by atoms with Crippen molar-refractivity contribution in [2.24, 2.45) is 0 Å². The maximum Gasteiger partial charge on any atom is 0.347 e. The van der Waals surface area contributed by atoms with E-state index in [1.807, 2.05) is 0 Å². The van der Waals surface area contributed by atoms with Gasteiger partial charge >= 0.3 is 5.69 Å². The number of aromatic nitrogens is 3. The average Bonchev–Trinajstić information content (AvgIpc) is 3.22. The van der Waals surface area contributed by atoms with Gasteiger partial charge in [-0.1, -0.05) is 0 Å². The van der Waals surface area contributed by atoms with E-state index in [0.29, 0.717) is 17.3 Å². The lowest BCUT2D eigenvalue weighted by molar-refractivity contribution is -0.384. The monoisotopic (exact) mass is 369 g/mol. The van der Waals surface area contributed by atoms with Gasteiger partial charge in [0.1, 0.15) is 6.54 Å². The third-order valence-corrected chi connectivity index (χ3v) is 4.18. The first-order valence-electron chi connectivity index (χ1n) is 8.30. The predicted octanol–water partition coefficient (Wildman–Crippen LogP) is 2.19. The fourth-order valence-corrected chi connectivity index (χ4v) is 2.76. The van der Waals surface area contributed by atoms with Crippen LogP contribution < -0.4 is 11.0 Å². The maximum absolute atomic E-state index is 12.6. The summed E-state index contributed by atoms with van der Waals surface area (Å²) in [5.74, 6) is 0.404. The molecule has 27 heavy (non-hydrogen) atoms. The number of non-ortho nitro benzene ring substituents is 1. The van der Waals surface area contributed by atoms with E-state index in [1.165, 1.54) is 30.5 Å². The summed E-state index contributed by atoms with van der Waals surface area (Å²) >= 11 is 0. The first kappa shape index (κ1) is 16.8. The fourth-order valence-electron chi connectivity index (χ4n) is 2.76. The van der Waals surface area contributed by atoms with Gasteiger partial charge in [-0.25, -0.2) is 9.48 Å². The van der Waals surface area contributed by atoms with Gasteiger partial charge in [0, 0.05) is 23.9 Å². The molecule has 138 valence electrons. The summed E-state index contributed by atoms with van der Waals surface area (Å²) in [6.45, 7) is -0.275. The minimum Gasteiger partial charge on any atom is -0.461 e. The highest BCUT2D eigenvalue weighted by Crippen LogP contribution is 2.36. The molecule has 0 atom stereocenters. The van der Waals surface area contributed by atoms with Crippen LogP contribution in [0, 0.1) is 10.1 Å². The third-order valence-electron chi connectivity index (χ3n) is 4.18. The minimum atomic E-state index is -0.522. The van der Waals surface area contributed by atoms with E-state index in [-0.39, 0.29) is 24.0 Å². The molecule has 0 spiro atoms. The highest BCUT2D eigenvalue weighted by atomic mass is 16.6. The second-order valence-electron chi connectivity index (χ2n) is 6.19. The van der Waals surface area contributed by atoms with Crippen molar-refractivity contribution in [2.45, 2.75) is 25.4 Å². The Morgan fingerprint density at radius 1 is 1.30 bits per heavy atom. The lowest BCUT2D eigenvalue weighted by Crippen LogP contribution is -2.30. The highest BCUT2D eigenvalue weighted by Gasteiger charge is 2.31.